The molecule has 5 amide bonds. The molecule has 1 aromatic carbocycles. The zero-order chi connectivity index (χ0) is 30.1. The Balaban J connectivity index is 1.58. The number of piperazine rings is 1. The van der Waals surface area contributed by atoms with Gasteiger partial charge in [0, 0.05) is 42.5 Å². The molecule has 41 heavy (non-hydrogen) atoms. The van der Waals surface area contributed by atoms with Crippen LogP contribution < -0.4 is 21.3 Å². The number of urea groups is 1. The number of carbonyl (C=O) groups is 4. The molecule has 0 unspecified atom stereocenters. The van der Waals surface area contributed by atoms with Crippen LogP contribution in [0.1, 0.15) is 65.9 Å². The van der Waals surface area contributed by atoms with Gasteiger partial charge in [-0.2, -0.15) is 0 Å². The number of hydrogen-bond acceptors (Lipinski definition) is 6. The topological polar surface area (TPSA) is 133 Å². The largest absolute Gasteiger partial charge is 0.354 e. The Morgan fingerprint density at radius 3 is 2.44 bits per heavy atom. The lowest BCUT2D eigenvalue weighted by atomic mass is 9.93. The molecular weight excluding hydrogens is 540 g/mol. The summed E-state index contributed by atoms with van der Waals surface area (Å²) in [6.07, 6.45) is 1.62. The van der Waals surface area contributed by atoms with Crippen LogP contribution in [0.4, 0.5) is 15.5 Å². The highest BCUT2D eigenvalue weighted by Gasteiger charge is 2.42. The van der Waals surface area contributed by atoms with Gasteiger partial charge in [-0.05, 0) is 61.6 Å². The summed E-state index contributed by atoms with van der Waals surface area (Å²) < 4.78 is 0. The SMILES string of the molecule is CNC(=O)c1ccc(-c2cc(NC(=O)Nc3sc(C(C)(C)C)cc3C(=O)N3CCNC(=O)C3(C)C)ccc2C)cn1. The maximum absolute atomic E-state index is 13.7. The van der Waals surface area contributed by atoms with E-state index in [9.17, 15) is 19.2 Å². The summed E-state index contributed by atoms with van der Waals surface area (Å²) in [5.74, 6) is -0.796. The monoisotopic (exact) mass is 576 g/mol. The minimum absolute atomic E-state index is 0.218. The first-order valence-corrected chi connectivity index (χ1v) is 14.2. The molecule has 10 nitrogen and oxygen atoms in total. The van der Waals surface area contributed by atoms with Crippen molar-refractivity contribution in [1.82, 2.24) is 20.5 Å². The van der Waals surface area contributed by atoms with Gasteiger partial charge in [0.1, 0.15) is 16.2 Å². The fourth-order valence-electron chi connectivity index (χ4n) is 4.50. The third kappa shape index (κ3) is 6.25. The smallest absolute Gasteiger partial charge is 0.324 e. The highest BCUT2D eigenvalue weighted by molar-refractivity contribution is 7.16. The minimum Gasteiger partial charge on any atom is -0.354 e. The molecule has 4 N–H and O–H groups in total. The van der Waals surface area contributed by atoms with E-state index >= 15 is 0 Å². The van der Waals surface area contributed by atoms with E-state index < -0.39 is 11.6 Å². The van der Waals surface area contributed by atoms with Gasteiger partial charge in [-0.3, -0.25) is 24.7 Å². The van der Waals surface area contributed by atoms with Gasteiger partial charge in [-0.1, -0.05) is 32.9 Å². The summed E-state index contributed by atoms with van der Waals surface area (Å²) in [7, 11) is 1.55. The zero-order valence-electron chi connectivity index (χ0n) is 24.4. The molecule has 1 aliphatic rings. The predicted octanol–water partition coefficient (Wildman–Crippen LogP) is 4.77. The number of rotatable bonds is 5. The number of hydrogen-bond donors (Lipinski definition) is 4. The van der Waals surface area contributed by atoms with Crippen LogP contribution >= 0.6 is 11.3 Å². The van der Waals surface area contributed by atoms with Crippen LogP contribution in [-0.4, -0.2) is 59.3 Å². The van der Waals surface area contributed by atoms with Crippen molar-refractivity contribution in [3.05, 3.63) is 64.3 Å². The Kier molecular flexibility index (Phi) is 8.21. The van der Waals surface area contributed by atoms with Crippen molar-refractivity contribution in [2.45, 2.75) is 52.5 Å². The average molecular weight is 577 g/mol. The Bertz CT molecular complexity index is 1500. The molecular formula is C30H36N6O4S. The van der Waals surface area contributed by atoms with Crippen LogP contribution in [0.25, 0.3) is 11.1 Å². The summed E-state index contributed by atoms with van der Waals surface area (Å²) in [6, 6.07) is 10.3. The molecule has 1 saturated heterocycles. The van der Waals surface area contributed by atoms with E-state index in [2.05, 4.69) is 26.3 Å². The molecule has 0 aliphatic carbocycles. The van der Waals surface area contributed by atoms with E-state index in [0.29, 0.717) is 35.0 Å². The highest BCUT2D eigenvalue weighted by Crippen LogP contribution is 2.38. The van der Waals surface area contributed by atoms with Crippen molar-refractivity contribution in [3.63, 3.8) is 0 Å². The van der Waals surface area contributed by atoms with Gasteiger partial charge in [0.15, 0.2) is 0 Å². The third-order valence-corrected chi connectivity index (χ3v) is 8.53. The molecule has 4 rings (SSSR count). The van der Waals surface area contributed by atoms with E-state index in [-0.39, 0.29) is 23.1 Å². The Morgan fingerprint density at radius 2 is 1.80 bits per heavy atom. The normalized spacial score (nSPS) is 14.7. The van der Waals surface area contributed by atoms with Gasteiger partial charge in [0.25, 0.3) is 11.8 Å². The van der Waals surface area contributed by atoms with Crippen LogP contribution in [-0.2, 0) is 10.2 Å². The van der Waals surface area contributed by atoms with E-state index in [1.807, 2.05) is 52.0 Å². The number of amides is 5. The Morgan fingerprint density at radius 1 is 1.07 bits per heavy atom. The summed E-state index contributed by atoms with van der Waals surface area (Å²) in [6.45, 7) is 12.2. The molecule has 0 spiro atoms. The van der Waals surface area contributed by atoms with Gasteiger partial charge in [-0.15, -0.1) is 11.3 Å². The van der Waals surface area contributed by atoms with Crippen molar-refractivity contribution < 1.29 is 19.2 Å². The van der Waals surface area contributed by atoms with Gasteiger partial charge in [-0.25, -0.2) is 4.79 Å². The second-order valence-electron chi connectivity index (χ2n) is 11.5. The number of anilines is 2. The summed E-state index contributed by atoms with van der Waals surface area (Å²) in [4.78, 5) is 58.0. The van der Waals surface area contributed by atoms with Crippen molar-refractivity contribution in [1.29, 1.82) is 0 Å². The second kappa shape index (κ2) is 11.3. The van der Waals surface area contributed by atoms with E-state index in [4.69, 9.17) is 0 Å². The summed E-state index contributed by atoms with van der Waals surface area (Å²) in [5.41, 5.74) is 2.56. The Labute approximate surface area is 243 Å². The van der Waals surface area contributed by atoms with Crippen LogP contribution in [0.5, 0.6) is 0 Å². The molecule has 0 saturated carbocycles. The Hall–Kier alpha value is -4.25. The minimum atomic E-state index is -1.02. The van der Waals surface area contributed by atoms with Crippen molar-refractivity contribution >= 4 is 45.8 Å². The second-order valence-corrected chi connectivity index (χ2v) is 12.5. The van der Waals surface area contributed by atoms with Gasteiger partial charge >= 0.3 is 6.03 Å². The quantitative estimate of drug-likeness (QED) is 0.347. The number of nitrogens with one attached hydrogen (secondary N) is 4. The first kappa shape index (κ1) is 29.7. The molecule has 0 atom stereocenters. The average Bonchev–Trinajstić information content (AvgIpc) is 3.35. The lowest BCUT2D eigenvalue weighted by Crippen LogP contribution is -2.63. The number of carbonyl (C=O) groups excluding carboxylic acids is 4. The number of nitrogens with zero attached hydrogens (tertiary/aromatic N) is 2. The first-order valence-electron chi connectivity index (χ1n) is 13.3. The lowest BCUT2D eigenvalue weighted by Gasteiger charge is -2.41. The van der Waals surface area contributed by atoms with Crippen LogP contribution in [0.15, 0.2) is 42.6 Å². The molecule has 0 bridgehead atoms. The van der Waals surface area contributed by atoms with Gasteiger partial charge < -0.3 is 20.9 Å². The first-order chi connectivity index (χ1) is 19.2. The molecule has 3 aromatic rings. The third-order valence-electron chi connectivity index (χ3n) is 7.05. The lowest BCUT2D eigenvalue weighted by molar-refractivity contribution is -0.133. The molecule has 11 heteroatoms. The number of aromatic nitrogens is 1. The van der Waals surface area contributed by atoms with Gasteiger partial charge in [0.05, 0.1) is 5.56 Å². The van der Waals surface area contributed by atoms with Gasteiger partial charge in [0.2, 0.25) is 5.91 Å². The molecule has 0 radical (unpaired) electrons. The van der Waals surface area contributed by atoms with E-state index in [1.165, 1.54) is 11.3 Å². The molecule has 1 fully saturated rings. The summed E-state index contributed by atoms with van der Waals surface area (Å²) in [5, 5.41) is 11.5. The zero-order valence-corrected chi connectivity index (χ0v) is 25.2. The maximum atomic E-state index is 13.7. The number of aryl methyl sites for hydroxylation is 1. The van der Waals surface area contributed by atoms with Crippen molar-refractivity contribution in [2.24, 2.45) is 0 Å². The number of benzene rings is 1. The van der Waals surface area contributed by atoms with Crippen molar-refractivity contribution in [3.8, 4) is 11.1 Å². The maximum Gasteiger partial charge on any atom is 0.324 e. The molecule has 3 heterocycles. The fraction of sp³-hybridized carbons (Fsp3) is 0.367. The van der Waals surface area contributed by atoms with Crippen LogP contribution in [0, 0.1) is 6.92 Å². The van der Waals surface area contributed by atoms with E-state index in [1.54, 1.807) is 44.1 Å². The molecule has 1 aliphatic heterocycles. The summed E-state index contributed by atoms with van der Waals surface area (Å²) >= 11 is 1.35. The fourth-order valence-corrected chi connectivity index (χ4v) is 5.61. The number of pyridine rings is 1. The van der Waals surface area contributed by atoms with Crippen LogP contribution in [0.2, 0.25) is 0 Å². The standard InChI is InChI=1S/C30H36N6O4S/c1-17-8-10-19(14-20(17)18-9-11-22(33-16-18)24(37)31-7)34-28(40)35-25-21(15-23(41-25)29(2,3)4)26(38)36-13-12-32-27(39)30(36,5)6/h8-11,14-16H,12-13H2,1-7H3,(H,31,37)(H,32,39)(H2,34,35,40). The predicted molar refractivity (Wildman–Crippen MR) is 162 cm³/mol. The van der Waals surface area contributed by atoms with E-state index in [0.717, 1.165) is 21.6 Å². The van der Waals surface area contributed by atoms with Crippen LogP contribution in [0.3, 0.4) is 0 Å². The molecule has 2 aromatic heterocycles. The highest BCUT2D eigenvalue weighted by atomic mass is 32.1. The number of thiophene rings is 1. The van der Waals surface area contributed by atoms with Crippen molar-refractivity contribution in [2.75, 3.05) is 30.8 Å². The molecule has 216 valence electrons.